The number of nitrogen functional groups attached to an aromatic ring is 1. The zero-order valence-electron chi connectivity index (χ0n) is 22.0. The zero-order chi connectivity index (χ0) is 27.6. The number of amidine groups is 2. The number of carbonyl (C=O) groups is 1. The smallest absolute Gasteiger partial charge is 0.338 e. The first kappa shape index (κ1) is 27.5. The zero-order valence-corrected chi connectivity index (χ0v) is 22.0. The fourth-order valence-corrected chi connectivity index (χ4v) is 4.18. The van der Waals surface area contributed by atoms with Crippen LogP contribution in [0.2, 0.25) is 0 Å². The van der Waals surface area contributed by atoms with Crippen LogP contribution in [0.5, 0.6) is 17.2 Å². The van der Waals surface area contributed by atoms with Crippen LogP contribution in [0.1, 0.15) is 41.3 Å². The van der Waals surface area contributed by atoms with Crippen molar-refractivity contribution in [2.75, 3.05) is 26.3 Å². The highest BCUT2D eigenvalue weighted by Crippen LogP contribution is 2.29. The molecule has 3 aromatic rings. The van der Waals surface area contributed by atoms with Gasteiger partial charge in [-0.2, -0.15) is 0 Å². The predicted molar refractivity (Wildman–Crippen MR) is 149 cm³/mol. The molecule has 1 heterocycles. The second-order valence-electron chi connectivity index (χ2n) is 9.25. The maximum absolute atomic E-state index is 12.5. The molecule has 0 saturated carbocycles. The van der Waals surface area contributed by atoms with E-state index in [0.29, 0.717) is 40.8 Å². The van der Waals surface area contributed by atoms with Gasteiger partial charge in [0.2, 0.25) is 0 Å². The van der Waals surface area contributed by atoms with Crippen molar-refractivity contribution in [2.45, 2.75) is 32.5 Å². The van der Waals surface area contributed by atoms with E-state index in [1.54, 1.807) is 49.4 Å². The van der Waals surface area contributed by atoms with E-state index in [0.717, 1.165) is 31.5 Å². The predicted octanol–water partition coefficient (Wildman–Crippen LogP) is 4.63. The molecule has 1 fully saturated rings. The van der Waals surface area contributed by atoms with E-state index in [2.05, 4.69) is 0 Å². The molecule has 0 unspecified atom stereocenters. The summed E-state index contributed by atoms with van der Waals surface area (Å²) in [5.41, 5.74) is 7.57. The minimum atomic E-state index is -0.460. The van der Waals surface area contributed by atoms with Gasteiger partial charge in [0.15, 0.2) is 11.5 Å². The van der Waals surface area contributed by atoms with Gasteiger partial charge in [0.25, 0.3) is 0 Å². The lowest BCUT2D eigenvalue weighted by Gasteiger charge is -2.32. The number of benzene rings is 3. The molecule has 0 spiro atoms. The molecule has 204 valence electrons. The number of esters is 1. The Morgan fingerprint density at radius 2 is 1.59 bits per heavy atom. The third-order valence-corrected chi connectivity index (χ3v) is 6.38. The number of rotatable bonds is 11. The van der Waals surface area contributed by atoms with Gasteiger partial charge in [0.05, 0.1) is 11.4 Å². The maximum Gasteiger partial charge on any atom is 0.338 e. The quantitative estimate of drug-likeness (QED) is 0.143. The fourth-order valence-electron chi connectivity index (χ4n) is 4.18. The molecule has 3 aromatic carbocycles. The van der Waals surface area contributed by atoms with Gasteiger partial charge in [-0.05, 0) is 55.0 Å². The van der Waals surface area contributed by atoms with Gasteiger partial charge < -0.3 is 29.6 Å². The monoisotopic (exact) mass is 530 g/mol. The summed E-state index contributed by atoms with van der Waals surface area (Å²) in [6.07, 6.45) is 1.81. The molecule has 4 rings (SSSR count). The van der Waals surface area contributed by atoms with Crippen molar-refractivity contribution in [3.63, 3.8) is 0 Å². The van der Waals surface area contributed by atoms with Crippen molar-refractivity contribution in [2.24, 2.45) is 5.73 Å². The van der Waals surface area contributed by atoms with E-state index >= 15 is 0 Å². The van der Waals surface area contributed by atoms with E-state index in [-0.39, 0.29) is 25.2 Å². The van der Waals surface area contributed by atoms with Gasteiger partial charge in [-0.1, -0.05) is 30.3 Å². The van der Waals surface area contributed by atoms with Gasteiger partial charge >= 0.3 is 5.97 Å². The van der Waals surface area contributed by atoms with Crippen LogP contribution in [0.3, 0.4) is 0 Å². The highest BCUT2D eigenvalue weighted by atomic mass is 16.6. The van der Waals surface area contributed by atoms with Gasteiger partial charge in [-0.3, -0.25) is 10.8 Å². The number of carbonyl (C=O) groups excluding carboxylic acids is 1. The summed E-state index contributed by atoms with van der Waals surface area (Å²) in [5.74, 6) is 1.66. The summed E-state index contributed by atoms with van der Waals surface area (Å²) in [6.45, 7) is 3.91. The van der Waals surface area contributed by atoms with Crippen LogP contribution in [0.15, 0.2) is 72.8 Å². The standard InChI is InChI=1S/C30H34N4O5/c1-21(31)34-15-13-26(14-16-34)39-25-10-7-23(8-11-25)30(35)37-18-17-36-28-19-24(29(32)33)9-12-27(28)38-20-22-5-3-2-4-6-22/h2-12,19,26,31H,13-18,20H2,1H3,(H3,32,33). The van der Waals surface area contributed by atoms with Crippen molar-refractivity contribution >= 4 is 17.6 Å². The van der Waals surface area contributed by atoms with Crippen molar-refractivity contribution in [3.05, 3.63) is 89.5 Å². The van der Waals surface area contributed by atoms with Gasteiger partial charge in [0.1, 0.15) is 37.5 Å². The molecule has 9 nitrogen and oxygen atoms in total. The molecule has 1 aliphatic heterocycles. The molecule has 0 amide bonds. The summed E-state index contributed by atoms with van der Waals surface area (Å²) in [7, 11) is 0. The Morgan fingerprint density at radius 1 is 0.897 bits per heavy atom. The van der Waals surface area contributed by atoms with Gasteiger partial charge in [-0.15, -0.1) is 0 Å². The maximum atomic E-state index is 12.5. The van der Waals surface area contributed by atoms with Crippen molar-refractivity contribution in [1.82, 2.24) is 4.90 Å². The fraction of sp³-hybridized carbons (Fsp3) is 0.300. The molecular formula is C30H34N4O5. The van der Waals surface area contributed by atoms with Crippen LogP contribution in [-0.2, 0) is 11.3 Å². The summed E-state index contributed by atoms with van der Waals surface area (Å²) < 4.78 is 23.2. The number of likely N-dealkylation sites (tertiary alicyclic amines) is 1. The average molecular weight is 531 g/mol. The lowest BCUT2D eigenvalue weighted by Crippen LogP contribution is -2.40. The number of hydrogen-bond acceptors (Lipinski definition) is 7. The number of nitrogens with two attached hydrogens (primary N) is 1. The first-order valence-electron chi connectivity index (χ1n) is 12.9. The Bertz CT molecular complexity index is 1270. The normalized spacial score (nSPS) is 13.4. The number of piperidine rings is 1. The van der Waals surface area contributed by atoms with E-state index in [1.807, 2.05) is 35.2 Å². The molecule has 0 aliphatic carbocycles. The average Bonchev–Trinajstić information content (AvgIpc) is 2.95. The molecule has 0 bridgehead atoms. The molecule has 4 N–H and O–H groups in total. The molecule has 0 atom stereocenters. The molecular weight excluding hydrogens is 496 g/mol. The Kier molecular flexibility index (Phi) is 9.39. The Hall–Kier alpha value is -4.53. The SMILES string of the molecule is CC(=N)N1CCC(Oc2ccc(C(=O)OCCOc3cc(C(=N)N)ccc3OCc3ccccc3)cc2)CC1. The molecule has 1 saturated heterocycles. The van der Waals surface area contributed by atoms with E-state index in [9.17, 15) is 4.79 Å². The Morgan fingerprint density at radius 3 is 2.26 bits per heavy atom. The first-order valence-corrected chi connectivity index (χ1v) is 12.9. The lowest BCUT2D eigenvalue weighted by molar-refractivity contribution is 0.0448. The first-order chi connectivity index (χ1) is 18.9. The largest absolute Gasteiger partial charge is 0.490 e. The topological polar surface area (TPSA) is 131 Å². The third-order valence-electron chi connectivity index (χ3n) is 6.38. The van der Waals surface area contributed by atoms with Crippen molar-refractivity contribution in [3.8, 4) is 17.2 Å². The third kappa shape index (κ3) is 7.98. The molecule has 39 heavy (non-hydrogen) atoms. The van der Waals surface area contributed by atoms with E-state index in [4.69, 9.17) is 35.5 Å². The minimum absolute atomic E-state index is 0.0323. The van der Waals surface area contributed by atoms with Crippen LogP contribution < -0.4 is 19.9 Å². The van der Waals surface area contributed by atoms with Crippen molar-refractivity contribution < 1.29 is 23.7 Å². The summed E-state index contributed by atoms with van der Waals surface area (Å²) >= 11 is 0. The highest BCUT2D eigenvalue weighted by molar-refractivity contribution is 5.95. The van der Waals surface area contributed by atoms with Crippen LogP contribution in [0.4, 0.5) is 0 Å². The number of nitrogens with one attached hydrogen (secondary N) is 2. The van der Waals surface area contributed by atoms with Crippen LogP contribution in [0, 0.1) is 10.8 Å². The van der Waals surface area contributed by atoms with E-state index in [1.165, 1.54) is 0 Å². The van der Waals surface area contributed by atoms with Crippen molar-refractivity contribution in [1.29, 1.82) is 10.8 Å². The Balaban J connectivity index is 1.25. The Labute approximate surface area is 228 Å². The molecule has 1 aliphatic rings. The summed E-state index contributed by atoms with van der Waals surface area (Å²) in [6, 6.07) is 21.7. The van der Waals surface area contributed by atoms with Gasteiger partial charge in [-0.25, -0.2) is 4.79 Å². The number of nitrogens with zero attached hydrogens (tertiary/aromatic N) is 1. The number of hydrogen-bond donors (Lipinski definition) is 3. The molecule has 9 heteroatoms. The number of ether oxygens (including phenoxy) is 4. The van der Waals surface area contributed by atoms with E-state index < -0.39 is 5.97 Å². The van der Waals surface area contributed by atoms with Crippen LogP contribution in [-0.4, -0.2) is 54.9 Å². The second-order valence-corrected chi connectivity index (χ2v) is 9.25. The minimum Gasteiger partial charge on any atom is -0.490 e. The summed E-state index contributed by atoms with van der Waals surface area (Å²) in [4.78, 5) is 14.6. The summed E-state index contributed by atoms with van der Waals surface area (Å²) in [5, 5.41) is 15.4. The second kappa shape index (κ2) is 13.3. The van der Waals surface area contributed by atoms with Crippen LogP contribution in [0.25, 0.3) is 0 Å². The lowest BCUT2D eigenvalue weighted by atomic mass is 10.1. The molecule has 0 aromatic heterocycles. The van der Waals surface area contributed by atoms with Crippen LogP contribution >= 0.6 is 0 Å². The highest BCUT2D eigenvalue weighted by Gasteiger charge is 2.21. The van der Waals surface area contributed by atoms with Gasteiger partial charge in [0, 0.05) is 31.5 Å². The molecule has 0 radical (unpaired) electrons.